The van der Waals surface area contributed by atoms with Crippen molar-refractivity contribution < 1.29 is 9.90 Å². The van der Waals surface area contributed by atoms with E-state index in [-0.39, 0.29) is 6.42 Å². The molecule has 2 heterocycles. The average Bonchev–Trinajstić information content (AvgIpc) is 2.94. The lowest BCUT2D eigenvalue weighted by Crippen LogP contribution is -1.99. The third-order valence-electron chi connectivity index (χ3n) is 2.57. The van der Waals surface area contributed by atoms with Gasteiger partial charge in [-0.15, -0.1) is 22.7 Å². The highest BCUT2D eigenvalue weighted by atomic mass is 32.1. The zero-order valence-corrected chi connectivity index (χ0v) is 12.0. The molecule has 0 fully saturated rings. The van der Waals surface area contributed by atoms with Crippen molar-refractivity contribution in [2.45, 2.75) is 32.6 Å². The Labute approximate surface area is 114 Å². The Morgan fingerprint density at radius 2 is 2.28 bits per heavy atom. The van der Waals surface area contributed by atoms with Crippen molar-refractivity contribution in [3.8, 4) is 9.88 Å². The van der Waals surface area contributed by atoms with Crippen molar-refractivity contribution >= 4 is 28.6 Å². The lowest BCUT2D eigenvalue weighted by molar-refractivity contribution is -0.136. The van der Waals surface area contributed by atoms with Gasteiger partial charge in [0.1, 0.15) is 5.01 Å². The molecule has 2 aromatic heterocycles. The minimum atomic E-state index is -0.754. The molecule has 96 valence electrons. The minimum absolute atomic E-state index is 0.172. The predicted molar refractivity (Wildman–Crippen MR) is 75.5 cm³/mol. The van der Waals surface area contributed by atoms with Gasteiger partial charge in [0.15, 0.2) is 0 Å². The van der Waals surface area contributed by atoms with Gasteiger partial charge in [-0.05, 0) is 23.8 Å². The van der Waals surface area contributed by atoms with Crippen LogP contribution in [0.4, 0.5) is 0 Å². The molecule has 0 atom stereocenters. The monoisotopic (exact) mass is 281 g/mol. The topological polar surface area (TPSA) is 50.2 Å². The summed E-state index contributed by atoms with van der Waals surface area (Å²) in [7, 11) is 0. The predicted octanol–water partition coefficient (Wildman–Crippen LogP) is 4.01. The van der Waals surface area contributed by atoms with Crippen LogP contribution in [0.2, 0.25) is 0 Å². The van der Waals surface area contributed by atoms with Gasteiger partial charge in [-0.25, -0.2) is 4.98 Å². The van der Waals surface area contributed by atoms with Crippen molar-refractivity contribution in [2.75, 3.05) is 0 Å². The summed E-state index contributed by atoms with van der Waals surface area (Å²) in [6.45, 7) is 4.19. The SMILES string of the molecule is CC(C)c1nc(-c2cccs2)sc1CCC(=O)O. The van der Waals surface area contributed by atoms with E-state index >= 15 is 0 Å². The van der Waals surface area contributed by atoms with Gasteiger partial charge < -0.3 is 5.11 Å². The number of carboxylic acid groups (broad SMARTS) is 1. The highest BCUT2D eigenvalue weighted by molar-refractivity contribution is 7.21. The molecule has 18 heavy (non-hydrogen) atoms. The molecule has 2 aromatic rings. The van der Waals surface area contributed by atoms with Crippen molar-refractivity contribution in [3.63, 3.8) is 0 Å². The summed E-state index contributed by atoms with van der Waals surface area (Å²) in [6.07, 6.45) is 0.748. The lowest BCUT2D eigenvalue weighted by atomic mass is 10.1. The van der Waals surface area contributed by atoms with Gasteiger partial charge in [-0.2, -0.15) is 0 Å². The quantitative estimate of drug-likeness (QED) is 0.900. The van der Waals surface area contributed by atoms with Crippen LogP contribution < -0.4 is 0 Å². The van der Waals surface area contributed by atoms with Crippen LogP contribution in [0.5, 0.6) is 0 Å². The first-order chi connectivity index (χ1) is 8.58. The smallest absolute Gasteiger partial charge is 0.303 e. The number of rotatable bonds is 5. The minimum Gasteiger partial charge on any atom is -0.481 e. The summed E-state index contributed by atoms with van der Waals surface area (Å²) in [5.74, 6) is -0.422. The zero-order chi connectivity index (χ0) is 13.1. The molecule has 0 aliphatic heterocycles. The Hall–Kier alpha value is -1.20. The van der Waals surface area contributed by atoms with E-state index in [1.54, 1.807) is 22.7 Å². The van der Waals surface area contributed by atoms with E-state index in [2.05, 4.69) is 24.9 Å². The number of aryl methyl sites for hydroxylation is 1. The number of thiazole rings is 1. The molecule has 0 amide bonds. The largest absolute Gasteiger partial charge is 0.481 e. The van der Waals surface area contributed by atoms with E-state index < -0.39 is 5.97 Å². The lowest BCUT2D eigenvalue weighted by Gasteiger charge is -2.03. The van der Waals surface area contributed by atoms with Crippen LogP contribution in [0.3, 0.4) is 0 Å². The molecular formula is C13H15NO2S2. The van der Waals surface area contributed by atoms with Gasteiger partial charge in [0.05, 0.1) is 17.0 Å². The van der Waals surface area contributed by atoms with Crippen LogP contribution in [0.25, 0.3) is 9.88 Å². The van der Waals surface area contributed by atoms with E-state index in [1.165, 1.54) is 0 Å². The van der Waals surface area contributed by atoms with Crippen LogP contribution in [0.15, 0.2) is 17.5 Å². The second-order valence-corrected chi connectivity index (χ2v) is 6.38. The molecule has 0 spiro atoms. The molecule has 0 aromatic carbocycles. The molecule has 0 saturated carbocycles. The van der Waals surface area contributed by atoms with Crippen molar-refractivity contribution in [1.29, 1.82) is 0 Å². The molecule has 0 radical (unpaired) electrons. The fraction of sp³-hybridized carbons (Fsp3) is 0.385. The summed E-state index contributed by atoms with van der Waals surface area (Å²) >= 11 is 3.29. The maximum absolute atomic E-state index is 10.7. The van der Waals surface area contributed by atoms with Gasteiger partial charge in [0.25, 0.3) is 0 Å². The first-order valence-electron chi connectivity index (χ1n) is 5.83. The van der Waals surface area contributed by atoms with Gasteiger partial charge in [-0.3, -0.25) is 4.79 Å². The fourth-order valence-corrected chi connectivity index (χ4v) is 3.73. The third kappa shape index (κ3) is 2.97. The summed E-state index contributed by atoms with van der Waals surface area (Å²) in [6, 6.07) is 4.06. The van der Waals surface area contributed by atoms with Crippen LogP contribution in [0, 0.1) is 0 Å². The van der Waals surface area contributed by atoms with E-state index in [0.717, 1.165) is 20.5 Å². The molecule has 0 bridgehead atoms. The fourth-order valence-electron chi connectivity index (χ4n) is 1.72. The van der Waals surface area contributed by atoms with E-state index in [1.807, 2.05) is 11.4 Å². The molecule has 5 heteroatoms. The Morgan fingerprint density at radius 3 is 2.83 bits per heavy atom. The summed E-state index contributed by atoms with van der Waals surface area (Å²) in [4.78, 5) is 17.6. The standard InChI is InChI=1S/C13H15NO2S2/c1-8(2)12-9(5-6-11(15)16)18-13(14-12)10-4-3-7-17-10/h3-4,7-8H,5-6H2,1-2H3,(H,15,16). The molecule has 1 N–H and O–H groups in total. The van der Waals surface area contributed by atoms with Crippen LogP contribution in [0.1, 0.15) is 36.8 Å². The normalized spacial score (nSPS) is 11.1. The third-order valence-corrected chi connectivity index (χ3v) is 4.74. The average molecular weight is 281 g/mol. The Morgan fingerprint density at radius 1 is 1.50 bits per heavy atom. The molecule has 2 rings (SSSR count). The molecular weight excluding hydrogens is 266 g/mol. The first-order valence-corrected chi connectivity index (χ1v) is 7.52. The van der Waals surface area contributed by atoms with Crippen LogP contribution in [-0.4, -0.2) is 16.1 Å². The first kappa shape index (κ1) is 13.2. The number of carboxylic acids is 1. The second-order valence-electron chi connectivity index (χ2n) is 4.35. The highest BCUT2D eigenvalue weighted by Gasteiger charge is 2.16. The number of aliphatic carboxylic acids is 1. The maximum atomic E-state index is 10.7. The molecule has 0 unspecified atom stereocenters. The maximum Gasteiger partial charge on any atom is 0.303 e. The Bertz CT molecular complexity index is 529. The number of nitrogens with zero attached hydrogens (tertiary/aromatic N) is 1. The number of carbonyl (C=O) groups is 1. The van der Waals surface area contributed by atoms with Gasteiger partial charge in [-0.1, -0.05) is 19.9 Å². The van der Waals surface area contributed by atoms with E-state index in [0.29, 0.717) is 12.3 Å². The van der Waals surface area contributed by atoms with E-state index in [9.17, 15) is 4.79 Å². The molecule has 0 saturated heterocycles. The second kappa shape index (κ2) is 5.63. The van der Waals surface area contributed by atoms with Gasteiger partial charge in [0.2, 0.25) is 0 Å². The van der Waals surface area contributed by atoms with Crippen LogP contribution >= 0.6 is 22.7 Å². The summed E-state index contributed by atoms with van der Waals surface area (Å²) in [5, 5.41) is 11.8. The van der Waals surface area contributed by atoms with Crippen LogP contribution in [-0.2, 0) is 11.2 Å². The molecule has 0 aliphatic rings. The zero-order valence-electron chi connectivity index (χ0n) is 10.3. The van der Waals surface area contributed by atoms with E-state index in [4.69, 9.17) is 5.11 Å². The summed E-state index contributed by atoms with van der Waals surface area (Å²) in [5.41, 5.74) is 1.05. The Kier molecular flexibility index (Phi) is 4.14. The van der Waals surface area contributed by atoms with Crippen molar-refractivity contribution in [1.82, 2.24) is 4.98 Å². The van der Waals surface area contributed by atoms with Crippen molar-refractivity contribution in [3.05, 3.63) is 28.1 Å². The molecule has 3 nitrogen and oxygen atoms in total. The Balaban J connectivity index is 2.29. The number of hydrogen-bond acceptors (Lipinski definition) is 4. The van der Waals surface area contributed by atoms with Gasteiger partial charge in [0, 0.05) is 4.88 Å². The number of thiophene rings is 1. The highest BCUT2D eigenvalue weighted by Crippen LogP contribution is 2.34. The number of aromatic nitrogens is 1. The summed E-state index contributed by atoms with van der Waals surface area (Å²) < 4.78 is 0. The van der Waals surface area contributed by atoms with Gasteiger partial charge >= 0.3 is 5.97 Å². The molecule has 0 aliphatic carbocycles. The van der Waals surface area contributed by atoms with Crippen molar-refractivity contribution in [2.24, 2.45) is 0 Å². The number of hydrogen-bond donors (Lipinski definition) is 1.